The predicted molar refractivity (Wildman–Crippen MR) is 103 cm³/mol. The zero-order chi connectivity index (χ0) is 19.1. The molecular weight excluding hydrogens is 332 g/mol. The van der Waals surface area contributed by atoms with E-state index in [9.17, 15) is 5.11 Å². The highest BCUT2D eigenvalue weighted by molar-refractivity contribution is 5.53. The fraction of sp³-hybridized carbons (Fsp3) is 0.700. The van der Waals surface area contributed by atoms with Crippen LogP contribution in [0.1, 0.15) is 25.8 Å². The summed E-state index contributed by atoms with van der Waals surface area (Å²) < 4.78 is 16.3. The van der Waals surface area contributed by atoms with E-state index in [1.807, 2.05) is 12.1 Å². The molecule has 1 aromatic carbocycles. The number of nitrogens with zero attached hydrogens (tertiary/aromatic N) is 2. The lowest BCUT2D eigenvalue weighted by Gasteiger charge is -2.42. The molecule has 1 saturated heterocycles. The topological polar surface area (TPSA) is 54.4 Å². The van der Waals surface area contributed by atoms with Gasteiger partial charge in [0.1, 0.15) is 0 Å². The van der Waals surface area contributed by atoms with Gasteiger partial charge in [-0.3, -0.25) is 9.80 Å². The molecule has 0 saturated carbocycles. The average Bonchev–Trinajstić information content (AvgIpc) is 2.62. The Kier molecular flexibility index (Phi) is 8.00. The highest BCUT2D eigenvalue weighted by Crippen LogP contribution is 2.38. The minimum atomic E-state index is 0.233. The Hall–Kier alpha value is -1.50. The number of ether oxygens (including phenoxy) is 3. The number of aliphatic hydroxyl groups excluding tert-OH is 1. The molecule has 0 spiro atoms. The standard InChI is InChI=1S/C20H34N2O4/c1-15(2)12-22-8-7-21(14-17(22)6-9-23)13-16-10-18(24-3)20(26-5)19(11-16)25-4/h10-11,15,17,23H,6-9,12-14H2,1-5H3. The van der Waals surface area contributed by atoms with Crippen LogP contribution in [0.5, 0.6) is 17.2 Å². The maximum absolute atomic E-state index is 9.45. The van der Waals surface area contributed by atoms with Gasteiger partial charge in [-0.2, -0.15) is 0 Å². The minimum absolute atomic E-state index is 0.233. The second-order valence-electron chi connectivity index (χ2n) is 7.32. The molecule has 0 amide bonds. The van der Waals surface area contributed by atoms with E-state index in [0.29, 0.717) is 29.2 Å². The van der Waals surface area contributed by atoms with Gasteiger partial charge in [-0.15, -0.1) is 0 Å². The smallest absolute Gasteiger partial charge is 0.203 e. The molecule has 148 valence electrons. The van der Waals surface area contributed by atoms with Gasteiger partial charge < -0.3 is 19.3 Å². The molecule has 1 unspecified atom stereocenters. The van der Waals surface area contributed by atoms with E-state index in [2.05, 4.69) is 23.6 Å². The van der Waals surface area contributed by atoms with Crippen molar-refractivity contribution in [1.29, 1.82) is 0 Å². The molecule has 1 heterocycles. The van der Waals surface area contributed by atoms with Gasteiger partial charge in [0.05, 0.1) is 21.3 Å². The number of piperazine rings is 1. The summed E-state index contributed by atoms with van der Waals surface area (Å²) in [7, 11) is 4.90. The van der Waals surface area contributed by atoms with Crippen LogP contribution in [0.2, 0.25) is 0 Å². The maximum Gasteiger partial charge on any atom is 0.203 e. The maximum atomic E-state index is 9.45. The first-order valence-corrected chi connectivity index (χ1v) is 9.38. The zero-order valence-electron chi connectivity index (χ0n) is 16.8. The second kappa shape index (κ2) is 10.00. The fourth-order valence-electron chi connectivity index (χ4n) is 3.72. The Morgan fingerprint density at radius 1 is 1.08 bits per heavy atom. The largest absolute Gasteiger partial charge is 0.493 e. The van der Waals surface area contributed by atoms with Crippen molar-refractivity contribution < 1.29 is 19.3 Å². The third kappa shape index (κ3) is 5.25. The van der Waals surface area contributed by atoms with E-state index in [1.165, 1.54) is 0 Å². The summed E-state index contributed by atoms with van der Waals surface area (Å²) in [6.45, 7) is 9.66. The normalized spacial score (nSPS) is 19.0. The molecule has 0 aliphatic carbocycles. The molecule has 1 atom stereocenters. The van der Waals surface area contributed by atoms with Crippen LogP contribution in [-0.2, 0) is 6.54 Å². The lowest BCUT2D eigenvalue weighted by Crippen LogP contribution is -2.53. The SMILES string of the molecule is COc1cc(CN2CCN(CC(C)C)C(CCO)C2)cc(OC)c1OC. The zero-order valence-corrected chi connectivity index (χ0v) is 16.8. The van der Waals surface area contributed by atoms with E-state index < -0.39 is 0 Å². The van der Waals surface area contributed by atoms with Crippen LogP contribution >= 0.6 is 0 Å². The Balaban J connectivity index is 2.11. The molecule has 0 radical (unpaired) electrons. The van der Waals surface area contributed by atoms with Crippen molar-refractivity contribution in [3.63, 3.8) is 0 Å². The Labute approximate surface area is 157 Å². The molecule has 1 N–H and O–H groups in total. The highest BCUT2D eigenvalue weighted by atomic mass is 16.5. The van der Waals surface area contributed by atoms with Gasteiger partial charge in [-0.1, -0.05) is 13.8 Å². The van der Waals surface area contributed by atoms with Gasteiger partial charge >= 0.3 is 0 Å². The molecule has 6 nitrogen and oxygen atoms in total. The molecule has 1 fully saturated rings. The summed E-state index contributed by atoms with van der Waals surface area (Å²) >= 11 is 0. The first-order valence-electron chi connectivity index (χ1n) is 9.38. The number of hydrogen-bond acceptors (Lipinski definition) is 6. The molecule has 0 bridgehead atoms. The summed E-state index contributed by atoms with van der Waals surface area (Å²) in [6.07, 6.45) is 0.818. The van der Waals surface area contributed by atoms with Crippen LogP contribution < -0.4 is 14.2 Å². The highest BCUT2D eigenvalue weighted by Gasteiger charge is 2.27. The van der Waals surface area contributed by atoms with E-state index in [-0.39, 0.29) is 6.61 Å². The van der Waals surface area contributed by atoms with Gasteiger partial charge in [0, 0.05) is 45.4 Å². The Morgan fingerprint density at radius 2 is 1.73 bits per heavy atom. The minimum Gasteiger partial charge on any atom is -0.493 e. The van der Waals surface area contributed by atoms with Crippen molar-refractivity contribution in [1.82, 2.24) is 9.80 Å². The van der Waals surface area contributed by atoms with Crippen LogP contribution in [0.4, 0.5) is 0 Å². The summed E-state index contributed by atoms with van der Waals surface area (Å²) in [6, 6.07) is 4.43. The lowest BCUT2D eigenvalue weighted by molar-refractivity contribution is 0.0476. The van der Waals surface area contributed by atoms with Gasteiger partial charge in [0.2, 0.25) is 5.75 Å². The molecule has 6 heteroatoms. The van der Waals surface area contributed by atoms with Crippen molar-refractivity contribution in [3.05, 3.63) is 17.7 Å². The van der Waals surface area contributed by atoms with Crippen molar-refractivity contribution in [2.45, 2.75) is 32.9 Å². The fourth-order valence-corrected chi connectivity index (χ4v) is 3.72. The number of hydrogen-bond donors (Lipinski definition) is 1. The first-order chi connectivity index (χ1) is 12.5. The number of rotatable bonds is 9. The van der Waals surface area contributed by atoms with Gasteiger partial charge in [0.15, 0.2) is 11.5 Å². The van der Waals surface area contributed by atoms with Gasteiger partial charge in [-0.05, 0) is 30.0 Å². The number of benzene rings is 1. The number of aliphatic hydroxyl groups is 1. The molecule has 26 heavy (non-hydrogen) atoms. The van der Waals surface area contributed by atoms with Crippen molar-refractivity contribution in [2.75, 3.05) is 54.1 Å². The Morgan fingerprint density at radius 3 is 2.23 bits per heavy atom. The van der Waals surface area contributed by atoms with E-state index in [4.69, 9.17) is 14.2 Å². The van der Waals surface area contributed by atoms with E-state index in [0.717, 1.165) is 44.7 Å². The number of methoxy groups -OCH3 is 3. The second-order valence-corrected chi connectivity index (χ2v) is 7.32. The van der Waals surface area contributed by atoms with E-state index in [1.54, 1.807) is 21.3 Å². The molecule has 1 aliphatic rings. The monoisotopic (exact) mass is 366 g/mol. The lowest BCUT2D eigenvalue weighted by atomic mass is 10.0. The van der Waals surface area contributed by atoms with Gasteiger partial charge in [0.25, 0.3) is 0 Å². The van der Waals surface area contributed by atoms with Crippen LogP contribution in [0.25, 0.3) is 0 Å². The van der Waals surface area contributed by atoms with Crippen LogP contribution in [0.3, 0.4) is 0 Å². The average molecular weight is 367 g/mol. The predicted octanol–water partition coefficient (Wildman–Crippen LogP) is 2.24. The van der Waals surface area contributed by atoms with Crippen LogP contribution in [0, 0.1) is 5.92 Å². The molecule has 1 aliphatic heterocycles. The molecule has 1 aromatic rings. The molecule has 0 aromatic heterocycles. The van der Waals surface area contributed by atoms with Crippen molar-refractivity contribution in [2.24, 2.45) is 5.92 Å². The van der Waals surface area contributed by atoms with Gasteiger partial charge in [-0.25, -0.2) is 0 Å². The third-order valence-corrected chi connectivity index (χ3v) is 4.88. The first kappa shape index (κ1) is 20.8. The summed E-state index contributed by atoms with van der Waals surface area (Å²) in [5.74, 6) is 2.64. The third-order valence-electron chi connectivity index (χ3n) is 4.88. The van der Waals surface area contributed by atoms with E-state index >= 15 is 0 Å². The summed E-state index contributed by atoms with van der Waals surface area (Å²) in [5, 5.41) is 9.45. The molecule has 2 rings (SSSR count). The quantitative estimate of drug-likeness (QED) is 0.723. The summed E-state index contributed by atoms with van der Waals surface area (Å²) in [4.78, 5) is 4.96. The van der Waals surface area contributed by atoms with Crippen molar-refractivity contribution >= 4 is 0 Å². The van der Waals surface area contributed by atoms with Crippen LogP contribution in [-0.4, -0.2) is 75.1 Å². The molecular formula is C20H34N2O4. The summed E-state index contributed by atoms with van der Waals surface area (Å²) in [5.41, 5.74) is 1.14. The van der Waals surface area contributed by atoms with Crippen molar-refractivity contribution in [3.8, 4) is 17.2 Å². The Bertz CT molecular complexity index is 540. The van der Waals surface area contributed by atoms with Crippen LogP contribution in [0.15, 0.2) is 12.1 Å².